The second-order valence-electron chi connectivity index (χ2n) is 5.06. The largest absolute Gasteiger partial charge is 0.373 e. The molecule has 1 radical (unpaired) electrons. The molecule has 1 rings (SSSR count). The molecule has 0 aromatic rings. The molecule has 1 atom stereocenters. The summed E-state index contributed by atoms with van der Waals surface area (Å²) in [7, 11) is 0. The van der Waals surface area contributed by atoms with Gasteiger partial charge < -0.3 is 9.47 Å². The van der Waals surface area contributed by atoms with Gasteiger partial charge in [-0.15, -0.1) is 0 Å². The zero-order chi connectivity index (χ0) is 12.2. The molecule has 2 nitrogen and oxygen atoms in total. The van der Waals surface area contributed by atoms with E-state index in [0.717, 1.165) is 13.2 Å². The molecule has 0 bridgehead atoms. The van der Waals surface area contributed by atoms with Gasteiger partial charge in [0.15, 0.2) is 0 Å². The summed E-state index contributed by atoms with van der Waals surface area (Å²) < 4.78 is 10.4. The first-order valence-electron chi connectivity index (χ1n) is 7.50. The molecule has 101 valence electrons. The van der Waals surface area contributed by atoms with E-state index in [1.54, 1.807) is 0 Å². The van der Waals surface area contributed by atoms with Crippen molar-refractivity contribution in [1.82, 2.24) is 0 Å². The van der Waals surface area contributed by atoms with Gasteiger partial charge in [-0.3, -0.25) is 0 Å². The summed E-state index contributed by atoms with van der Waals surface area (Å²) in [5, 5.41) is 0. The molecular weight excluding hydrogens is 212 g/mol. The first kappa shape index (κ1) is 15.0. The van der Waals surface area contributed by atoms with Crippen LogP contribution in [0.25, 0.3) is 0 Å². The monoisotopic (exact) mass is 241 g/mol. The van der Waals surface area contributed by atoms with Crippen LogP contribution in [-0.4, -0.2) is 19.3 Å². The van der Waals surface area contributed by atoms with Crippen LogP contribution in [0.15, 0.2) is 0 Å². The van der Waals surface area contributed by atoms with Gasteiger partial charge >= 0.3 is 0 Å². The summed E-state index contributed by atoms with van der Waals surface area (Å²) in [6.45, 7) is 5.84. The van der Waals surface area contributed by atoms with Gasteiger partial charge in [-0.05, 0) is 6.42 Å². The van der Waals surface area contributed by atoms with E-state index in [-0.39, 0.29) is 0 Å². The molecule has 0 N–H and O–H groups in total. The normalized spacial score (nSPS) is 18.5. The van der Waals surface area contributed by atoms with E-state index in [0.29, 0.717) is 6.10 Å². The summed E-state index contributed by atoms with van der Waals surface area (Å²) in [5.41, 5.74) is 0. The van der Waals surface area contributed by atoms with Gasteiger partial charge in [0.1, 0.15) is 12.7 Å². The van der Waals surface area contributed by atoms with Crippen LogP contribution in [0.3, 0.4) is 0 Å². The Kier molecular flexibility index (Phi) is 9.72. The van der Waals surface area contributed by atoms with Crippen LogP contribution < -0.4 is 0 Å². The number of rotatable bonds is 13. The van der Waals surface area contributed by atoms with Crippen LogP contribution >= 0.6 is 0 Å². The van der Waals surface area contributed by atoms with Crippen LogP contribution in [0.1, 0.15) is 71.1 Å². The fourth-order valence-electron chi connectivity index (χ4n) is 1.98. The van der Waals surface area contributed by atoms with Crippen molar-refractivity contribution in [2.75, 3.05) is 13.2 Å². The molecule has 1 saturated heterocycles. The van der Waals surface area contributed by atoms with Gasteiger partial charge in [-0.1, -0.05) is 64.7 Å². The zero-order valence-electron chi connectivity index (χ0n) is 11.5. The lowest BCUT2D eigenvalue weighted by Crippen LogP contribution is -1.96. The van der Waals surface area contributed by atoms with Gasteiger partial charge in [0.2, 0.25) is 0 Å². The highest BCUT2D eigenvalue weighted by atomic mass is 16.6. The Morgan fingerprint density at radius 1 is 0.941 bits per heavy atom. The van der Waals surface area contributed by atoms with Crippen molar-refractivity contribution in [3.8, 4) is 0 Å². The van der Waals surface area contributed by atoms with Gasteiger partial charge in [0, 0.05) is 6.61 Å². The smallest absolute Gasteiger partial charge is 0.115 e. The molecule has 0 aliphatic carbocycles. The minimum atomic E-state index is 0.304. The second-order valence-corrected chi connectivity index (χ2v) is 5.06. The van der Waals surface area contributed by atoms with Crippen LogP contribution in [-0.2, 0) is 9.47 Å². The van der Waals surface area contributed by atoms with E-state index in [2.05, 4.69) is 6.92 Å². The first-order valence-corrected chi connectivity index (χ1v) is 7.50. The topological polar surface area (TPSA) is 21.8 Å². The first-order chi connectivity index (χ1) is 8.43. The van der Waals surface area contributed by atoms with Crippen molar-refractivity contribution >= 4 is 0 Å². The van der Waals surface area contributed by atoms with E-state index < -0.39 is 0 Å². The summed E-state index contributed by atoms with van der Waals surface area (Å²) >= 11 is 0. The maximum Gasteiger partial charge on any atom is 0.115 e. The lowest BCUT2D eigenvalue weighted by atomic mass is 10.1. The van der Waals surface area contributed by atoms with Crippen molar-refractivity contribution < 1.29 is 9.47 Å². The second kappa shape index (κ2) is 11.0. The quantitative estimate of drug-likeness (QED) is 0.350. The molecule has 0 aromatic carbocycles. The average Bonchev–Trinajstić information content (AvgIpc) is 3.15. The highest BCUT2D eigenvalue weighted by Gasteiger charge is 2.22. The Bertz CT molecular complexity index is 155. The molecule has 1 unspecified atom stereocenters. The Hall–Kier alpha value is -0.0800. The molecule has 17 heavy (non-hydrogen) atoms. The molecule has 0 amide bonds. The van der Waals surface area contributed by atoms with Crippen LogP contribution in [0.2, 0.25) is 0 Å². The standard InChI is InChI=1S/C15H29O2/c1-2-3-4-5-6-7-8-9-10-11-12-16-13-15-14-17-15/h13,15H,2-12,14H2,1H3. The number of unbranched alkanes of at least 4 members (excludes halogenated alkanes) is 9. The maximum atomic E-state index is 5.38. The van der Waals surface area contributed by atoms with E-state index in [4.69, 9.17) is 9.47 Å². The summed E-state index contributed by atoms with van der Waals surface area (Å²) in [6.07, 6.45) is 14.1. The highest BCUT2D eigenvalue weighted by Crippen LogP contribution is 2.13. The molecular formula is C15H29O2. The van der Waals surface area contributed by atoms with Crippen molar-refractivity contribution in [2.24, 2.45) is 0 Å². The molecule has 0 saturated carbocycles. The fraction of sp³-hybridized carbons (Fsp3) is 0.933. The zero-order valence-corrected chi connectivity index (χ0v) is 11.5. The summed E-state index contributed by atoms with van der Waals surface area (Å²) in [6, 6.07) is 0. The van der Waals surface area contributed by atoms with E-state index in [9.17, 15) is 0 Å². The minimum Gasteiger partial charge on any atom is -0.373 e. The third-order valence-electron chi connectivity index (χ3n) is 3.22. The van der Waals surface area contributed by atoms with E-state index in [1.165, 1.54) is 64.2 Å². The van der Waals surface area contributed by atoms with Gasteiger partial charge in [0.05, 0.1) is 6.61 Å². The molecule has 1 aliphatic heterocycles. The van der Waals surface area contributed by atoms with Crippen molar-refractivity contribution in [3.63, 3.8) is 0 Å². The average molecular weight is 241 g/mol. The molecule has 1 fully saturated rings. The molecule has 2 heteroatoms. The summed E-state index contributed by atoms with van der Waals surface area (Å²) in [4.78, 5) is 0. The SMILES string of the molecule is CCCCCCCCCCCCO[CH]C1CO1. The third-order valence-corrected chi connectivity index (χ3v) is 3.22. The predicted octanol–water partition coefficient (Wildman–Crippen LogP) is 4.48. The summed E-state index contributed by atoms with van der Waals surface area (Å²) in [5.74, 6) is 0. The Labute approximate surface area is 107 Å². The van der Waals surface area contributed by atoms with E-state index in [1.807, 2.05) is 6.61 Å². The lowest BCUT2D eigenvalue weighted by Gasteiger charge is -2.03. The molecule has 0 aromatic heterocycles. The Balaban J connectivity index is 1.61. The van der Waals surface area contributed by atoms with Crippen LogP contribution in [0.4, 0.5) is 0 Å². The maximum absolute atomic E-state index is 5.38. The van der Waals surface area contributed by atoms with E-state index >= 15 is 0 Å². The molecule has 0 spiro atoms. The Morgan fingerprint density at radius 3 is 2.00 bits per heavy atom. The van der Waals surface area contributed by atoms with Crippen molar-refractivity contribution in [1.29, 1.82) is 0 Å². The molecule has 1 heterocycles. The number of hydrogen-bond acceptors (Lipinski definition) is 2. The van der Waals surface area contributed by atoms with Crippen LogP contribution in [0, 0.1) is 6.61 Å². The minimum absolute atomic E-state index is 0.304. The number of ether oxygens (including phenoxy) is 2. The highest BCUT2D eigenvalue weighted by molar-refractivity contribution is 4.77. The fourth-order valence-corrected chi connectivity index (χ4v) is 1.98. The molecule has 1 aliphatic rings. The lowest BCUT2D eigenvalue weighted by molar-refractivity contribution is 0.171. The third kappa shape index (κ3) is 10.8. The predicted molar refractivity (Wildman–Crippen MR) is 71.8 cm³/mol. The van der Waals surface area contributed by atoms with Crippen molar-refractivity contribution in [3.05, 3.63) is 6.61 Å². The van der Waals surface area contributed by atoms with Gasteiger partial charge in [-0.2, -0.15) is 0 Å². The number of hydrogen-bond donors (Lipinski definition) is 0. The van der Waals surface area contributed by atoms with Crippen molar-refractivity contribution in [2.45, 2.75) is 77.2 Å². The Morgan fingerprint density at radius 2 is 1.47 bits per heavy atom. The van der Waals surface area contributed by atoms with Gasteiger partial charge in [0.25, 0.3) is 0 Å². The van der Waals surface area contributed by atoms with Gasteiger partial charge in [-0.25, -0.2) is 0 Å². The van der Waals surface area contributed by atoms with Crippen LogP contribution in [0.5, 0.6) is 0 Å². The number of epoxide rings is 1.